The molecule has 0 aromatic rings. The van der Waals surface area contributed by atoms with Crippen LogP contribution >= 0.6 is 0 Å². The highest BCUT2D eigenvalue weighted by Crippen LogP contribution is 2.19. The third-order valence-electron chi connectivity index (χ3n) is 3.28. The number of hydrogen-bond acceptors (Lipinski definition) is 3. The Bertz CT molecular complexity index is 343. The number of likely N-dealkylation sites (N-methyl/N-ethyl adjacent to an activating group) is 1. The third-order valence-corrected chi connectivity index (χ3v) is 3.28. The van der Waals surface area contributed by atoms with Gasteiger partial charge in [0, 0.05) is 20.5 Å². The minimum atomic E-state index is -0.656. The summed E-state index contributed by atoms with van der Waals surface area (Å²) in [6.07, 6.45) is 1.46. The predicted octanol–water partition coefficient (Wildman–Crippen LogP) is -0.670. The van der Waals surface area contributed by atoms with E-state index in [2.05, 4.69) is 0 Å². The minimum absolute atomic E-state index is 0.110. The summed E-state index contributed by atoms with van der Waals surface area (Å²) in [4.78, 5) is 37.4. The molecule has 1 saturated heterocycles. The Morgan fingerprint density at radius 1 is 1.41 bits per heavy atom. The second kappa shape index (κ2) is 5.16. The molecule has 0 unspecified atom stereocenters. The smallest absolute Gasteiger partial charge is 0.245 e. The Kier molecular flexibility index (Phi) is 4.09. The first-order chi connectivity index (χ1) is 7.86. The van der Waals surface area contributed by atoms with E-state index in [1.165, 1.54) is 18.9 Å². The van der Waals surface area contributed by atoms with E-state index in [1.54, 1.807) is 11.8 Å². The van der Waals surface area contributed by atoms with Crippen molar-refractivity contribution in [2.75, 3.05) is 13.6 Å². The highest BCUT2D eigenvalue weighted by Gasteiger charge is 2.35. The van der Waals surface area contributed by atoms with E-state index in [0.717, 1.165) is 6.42 Å². The van der Waals surface area contributed by atoms with Gasteiger partial charge in [-0.3, -0.25) is 14.4 Å². The SMILES string of the molecule is CC(=O)N1CCC[C@H]1C(=O)N(C)[C@H](C)C(N)=O. The fourth-order valence-corrected chi connectivity index (χ4v) is 2.02. The summed E-state index contributed by atoms with van der Waals surface area (Å²) in [5, 5.41) is 0. The van der Waals surface area contributed by atoms with Crippen molar-refractivity contribution in [3.05, 3.63) is 0 Å². The van der Waals surface area contributed by atoms with Crippen LogP contribution in [0.1, 0.15) is 26.7 Å². The molecule has 6 nitrogen and oxygen atoms in total. The molecule has 17 heavy (non-hydrogen) atoms. The van der Waals surface area contributed by atoms with Crippen LogP contribution in [-0.4, -0.2) is 53.2 Å². The fraction of sp³-hybridized carbons (Fsp3) is 0.727. The van der Waals surface area contributed by atoms with Gasteiger partial charge in [-0.25, -0.2) is 0 Å². The molecule has 1 aliphatic heterocycles. The third kappa shape index (κ3) is 2.75. The lowest BCUT2D eigenvalue weighted by atomic mass is 10.1. The maximum atomic E-state index is 12.1. The molecule has 1 heterocycles. The topological polar surface area (TPSA) is 83.7 Å². The number of carbonyl (C=O) groups excluding carboxylic acids is 3. The summed E-state index contributed by atoms with van der Waals surface area (Å²) < 4.78 is 0. The molecule has 1 fully saturated rings. The van der Waals surface area contributed by atoms with Crippen molar-refractivity contribution in [3.63, 3.8) is 0 Å². The molecule has 1 rings (SSSR count). The van der Waals surface area contributed by atoms with E-state index in [9.17, 15) is 14.4 Å². The second-order valence-corrected chi connectivity index (χ2v) is 4.40. The van der Waals surface area contributed by atoms with Gasteiger partial charge in [0.05, 0.1) is 0 Å². The first-order valence-electron chi connectivity index (χ1n) is 5.69. The monoisotopic (exact) mass is 241 g/mol. The van der Waals surface area contributed by atoms with Gasteiger partial charge in [0.25, 0.3) is 0 Å². The van der Waals surface area contributed by atoms with Crippen LogP contribution in [0.15, 0.2) is 0 Å². The Balaban J connectivity index is 2.75. The second-order valence-electron chi connectivity index (χ2n) is 4.40. The van der Waals surface area contributed by atoms with E-state index in [1.807, 2.05) is 0 Å². The van der Waals surface area contributed by atoms with Gasteiger partial charge in [0.1, 0.15) is 12.1 Å². The number of nitrogens with zero attached hydrogens (tertiary/aromatic N) is 2. The maximum absolute atomic E-state index is 12.1. The van der Waals surface area contributed by atoms with Crippen molar-refractivity contribution in [1.29, 1.82) is 0 Å². The molecular weight excluding hydrogens is 222 g/mol. The van der Waals surface area contributed by atoms with Crippen LogP contribution in [0.2, 0.25) is 0 Å². The zero-order valence-electron chi connectivity index (χ0n) is 10.5. The molecule has 0 aliphatic carbocycles. The molecule has 6 heteroatoms. The number of carbonyl (C=O) groups is 3. The van der Waals surface area contributed by atoms with Gasteiger partial charge in [-0.2, -0.15) is 0 Å². The van der Waals surface area contributed by atoms with Crippen molar-refractivity contribution in [3.8, 4) is 0 Å². The first kappa shape index (κ1) is 13.5. The largest absolute Gasteiger partial charge is 0.368 e. The van der Waals surface area contributed by atoms with E-state index in [-0.39, 0.29) is 11.8 Å². The van der Waals surface area contributed by atoms with Crippen LogP contribution in [0.25, 0.3) is 0 Å². The maximum Gasteiger partial charge on any atom is 0.245 e. The molecule has 96 valence electrons. The van der Waals surface area contributed by atoms with Gasteiger partial charge < -0.3 is 15.5 Å². The number of primary amides is 1. The highest BCUT2D eigenvalue weighted by atomic mass is 16.2. The standard InChI is InChI=1S/C11H19N3O3/c1-7(10(12)16)13(3)11(17)9-5-4-6-14(9)8(2)15/h7,9H,4-6H2,1-3H3,(H2,12,16)/t7-,9+/m1/s1. The van der Waals surface area contributed by atoms with Crippen molar-refractivity contribution < 1.29 is 14.4 Å². The normalized spacial score (nSPS) is 21.1. The summed E-state index contributed by atoms with van der Waals surface area (Å²) in [5.74, 6) is -0.877. The van der Waals surface area contributed by atoms with Crippen LogP contribution in [0.4, 0.5) is 0 Å². The summed E-state index contributed by atoms with van der Waals surface area (Å²) in [7, 11) is 1.54. The predicted molar refractivity (Wildman–Crippen MR) is 61.8 cm³/mol. The van der Waals surface area contributed by atoms with Gasteiger partial charge in [-0.15, -0.1) is 0 Å². The molecule has 0 radical (unpaired) electrons. The van der Waals surface area contributed by atoms with E-state index in [4.69, 9.17) is 5.73 Å². The van der Waals surface area contributed by atoms with E-state index < -0.39 is 18.0 Å². The molecule has 0 bridgehead atoms. The Morgan fingerprint density at radius 3 is 2.47 bits per heavy atom. The van der Waals surface area contributed by atoms with Crippen LogP contribution < -0.4 is 5.73 Å². The number of rotatable bonds is 3. The number of hydrogen-bond donors (Lipinski definition) is 1. The summed E-state index contributed by atoms with van der Waals surface area (Å²) in [6, 6.07) is -1.10. The van der Waals surface area contributed by atoms with Crippen molar-refractivity contribution >= 4 is 17.7 Å². The molecule has 0 saturated carbocycles. The quantitative estimate of drug-likeness (QED) is 0.711. The Morgan fingerprint density at radius 2 is 2.00 bits per heavy atom. The van der Waals surface area contributed by atoms with Gasteiger partial charge in [0.15, 0.2) is 0 Å². The van der Waals surface area contributed by atoms with Crippen LogP contribution in [0, 0.1) is 0 Å². The summed E-state index contributed by atoms with van der Waals surface area (Å²) in [5.41, 5.74) is 5.15. The molecule has 1 aliphatic rings. The first-order valence-corrected chi connectivity index (χ1v) is 5.69. The average molecular weight is 241 g/mol. The van der Waals surface area contributed by atoms with E-state index >= 15 is 0 Å². The summed E-state index contributed by atoms with van der Waals surface area (Å²) in [6.45, 7) is 3.63. The van der Waals surface area contributed by atoms with Crippen LogP contribution in [0.5, 0.6) is 0 Å². The lowest BCUT2D eigenvalue weighted by molar-refractivity contribution is -0.145. The Labute approximate surface area is 101 Å². The highest BCUT2D eigenvalue weighted by molar-refractivity contribution is 5.91. The minimum Gasteiger partial charge on any atom is -0.368 e. The van der Waals surface area contributed by atoms with Crippen molar-refractivity contribution in [2.24, 2.45) is 5.73 Å². The molecule has 0 aromatic carbocycles. The molecule has 2 atom stereocenters. The van der Waals surface area contributed by atoms with Gasteiger partial charge in [0.2, 0.25) is 17.7 Å². The van der Waals surface area contributed by atoms with E-state index in [0.29, 0.717) is 13.0 Å². The zero-order valence-corrected chi connectivity index (χ0v) is 10.5. The number of likely N-dealkylation sites (tertiary alicyclic amines) is 1. The molecule has 0 aromatic heterocycles. The fourth-order valence-electron chi connectivity index (χ4n) is 2.02. The van der Waals surface area contributed by atoms with Gasteiger partial charge in [-0.05, 0) is 19.8 Å². The van der Waals surface area contributed by atoms with Crippen molar-refractivity contribution in [2.45, 2.75) is 38.8 Å². The zero-order chi connectivity index (χ0) is 13.2. The average Bonchev–Trinajstić information content (AvgIpc) is 2.74. The lowest BCUT2D eigenvalue weighted by Crippen LogP contribution is -2.51. The number of amides is 3. The Hall–Kier alpha value is -1.59. The molecule has 0 spiro atoms. The van der Waals surface area contributed by atoms with Crippen LogP contribution in [0.3, 0.4) is 0 Å². The lowest BCUT2D eigenvalue weighted by Gasteiger charge is -2.29. The molecular formula is C11H19N3O3. The van der Waals surface area contributed by atoms with Crippen molar-refractivity contribution in [1.82, 2.24) is 9.80 Å². The molecule has 3 amide bonds. The van der Waals surface area contributed by atoms with Gasteiger partial charge >= 0.3 is 0 Å². The van der Waals surface area contributed by atoms with Crippen LogP contribution in [-0.2, 0) is 14.4 Å². The summed E-state index contributed by atoms with van der Waals surface area (Å²) >= 11 is 0. The molecule has 2 N–H and O–H groups in total. The van der Waals surface area contributed by atoms with Gasteiger partial charge in [-0.1, -0.05) is 0 Å². The number of nitrogens with two attached hydrogens (primary N) is 1.